The van der Waals surface area contributed by atoms with Crippen molar-refractivity contribution in [1.29, 1.82) is 5.26 Å². The van der Waals surface area contributed by atoms with E-state index in [2.05, 4.69) is 27.3 Å². The van der Waals surface area contributed by atoms with Crippen LogP contribution in [0.25, 0.3) is 0 Å². The molecule has 0 atom stereocenters. The highest BCUT2D eigenvalue weighted by Crippen LogP contribution is 2.29. The van der Waals surface area contributed by atoms with Crippen LogP contribution in [-0.2, 0) is 0 Å². The van der Waals surface area contributed by atoms with Gasteiger partial charge in [0.25, 0.3) is 0 Å². The van der Waals surface area contributed by atoms with Crippen LogP contribution in [0.4, 0.5) is 15.8 Å². The first-order chi connectivity index (χ1) is 8.63. The van der Waals surface area contributed by atoms with Gasteiger partial charge in [-0.1, -0.05) is 23.7 Å². The molecular weight excluding hydrogens is 319 g/mol. The molecule has 0 radical (unpaired) electrons. The molecule has 0 heterocycles. The summed E-state index contributed by atoms with van der Waals surface area (Å²) in [5.74, 6) is -0.539. The molecule has 0 fully saturated rings. The van der Waals surface area contributed by atoms with E-state index < -0.39 is 5.82 Å². The van der Waals surface area contributed by atoms with Crippen molar-refractivity contribution in [2.75, 3.05) is 5.32 Å². The molecule has 1 N–H and O–H groups in total. The molecule has 0 spiro atoms. The number of anilines is 2. The number of nitrogens with one attached hydrogen (secondary N) is 1. The van der Waals surface area contributed by atoms with Crippen molar-refractivity contribution in [3.05, 3.63) is 57.3 Å². The largest absolute Gasteiger partial charge is 0.352 e. The van der Waals surface area contributed by atoms with Gasteiger partial charge in [-0.15, -0.1) is 0 Å². The summed E-state index contributed by atoms with van der Waals surface area (Å²) in [6.45, 7) is 0. The van der Waals surface area contributed by atoms with E-state index in [0.717, 1.165) is 0 Å². The molecule has 5 heteroatoms. The Morgan fingerprint density at radius 2 is 1.83 bits per heavy atom. The lowest BCUT2D eigenvalue weighted by atomic mass is 10.2. The third-order valence-electron chi connectivity index (χ3n) is 2.35. The van der Waals surface area contributed by atoms with Crippen LogP contribution in [0.3, 0.4) is 0 Å². The fraction of sp³-hybridized carbons (Fsp3) is 0. The third-order valence-corrected chi connectivity index (χ3v) is 3.30. The zero-order chi connectivity index (χ0) is 13.1. The van der Waals surface area contributed by atoms with Crippen molar-refractivity contribution >= 4 is 38.9 Å². The quantitative estimate of drug-likeness (QED) is 0.856. The Bertz CT molecular complexity index is 637. The minimum Gasteiger partial charge on any atom is -0.352 e. The van der Waals surface area contributed by atoms with E-state index in [1.54, 1.807) is 30.3 Å². The maximum Gasteiger partial charge on any atom is 0.165 e. The lowest BCUT2D eigenvalue weighted by Gasteiger charge is -2.10. The molecule has 90 valence electrons. The second-order valence-electron chi connectivity index (χ2n) is 3.50. The van der Waals surface area contributed by atoms with Crippen LogP contribution >= 0.6 is 27.5 Å². The average Bonchev–Trinajstić information content (AvgIpc) is 2.35. The van der Waals surface area contributed by atoms with Crippen molar-refractivity contribution in [2.24, 2.45) is 0 Å². The van der Waals surface area contributed by atoms with Gasteiger partial charge in [-0.2, -0.15) is 5.26 Å². The van der Waals surface area contributed by atoms with Gasteiger partial charge < -0.3 is 5.32 Å². The molecule has 0 aliphatic carbocycles. The number of hydrogen-bond acceptors (Lipinski definition) is 2. The van der Waals surface area contributed by atoms with E-state index in [0.29, 0.717) is 15.7 Å². The highest BCUT2D eigenvalue weighted by molar-refractivity contribution is 9.10. The summed E-state index contributed by atoms with van der Waals surface area (Å²) in [5, 5.41) is 12.0. The average molecular weight is 326 g/mol. The summed E-state index contributed by atoms with van der Waals surface area (Å²) < 4.78 is 14.4. The molecule has 0 saturated heterocycles. The Labute approximate surface area is 117 Å². The zero-order valence-corrected chi connectivity index (χ0v) is 11.4. The SMILES string of the molecule is N#Cc1c(Br)cccc1Nc1cccc(Cl)c1F. The van der Waals surface area contributed by atoms with E-state index in [1.165, 1.54) is 6.07 Å². The molecule has 18 heavy (non-hydrogen) atoms. The Morgan fingerprint density at radius 1 is 1.17 bits per heavy atom. The van der Waals surface area contributed by atoms with Crippen LogP contribution in [0.15, 0.2) is 40.9 Å². The van der Waals surface area contributed by atoms with Crippen molar-refractivity contribution < 1.29 is 4.39 Å². The topological polar surface area (TPSA) is 35.8 Å². The lowest BCUT2D eigenvalue weighted by molar-refractivity contribution is 0.632. The maximum atomic E-state index is 13.7. The van der Waals surface area contributed by atoms with Crippen LogP contribution in [-0.4, -0.2) is 0 Å². The minimum absolute atomic E-state index is 0.0357. The lowest BCUT2D eigenvalue weighted by Crippen LogP contribution is -1.97. The smallest absolute Gasteiger partial charge is 0.165 e. The molecule has 2 aromatic rings. The summed E-state index contributed by atoms with van der Waals surface area (Å²) >= 11 is 8.97. The van der Waals surface area contributed by atoms with Crippen LogP contribution in [0.2, 0.25) is 5.02 Å². The standard InChI is InChI=1S/C13H7BrClFN2/c14-9-3-1-5-11(8(9)7-17)18-12-6-2-4-10(15)13(12)16/h1-6,18H. The van der Waals surface area contributed by atoms with Gasteiger partial charge >= 0.3 is 0 Å². The van der Waals surface area contributed by atoms with E-state index >= 15 is 0 Å². The summed E-state index contributed by atoms with van der Waals surface area (Å²) in [7, 11) is 0. The highest BCUT2D eigenvalue weighted by Gasteiger charge is 2.10. The molecular formula is C13H7BrClFN2. The molecule has 0 saturated carbocycles. The molecule has 0 amide bonds. The van der Waals surface area contributed by atoms with Crippen molar-refractivity contribution in [1.82, 2.24) is 0 Å². The van der Waals surface area contributed by atoms with Gasteiger partial charge in [-0.05, 0) is 40.2 Å². The van der Waals surface area contributed by atoms with E-state index in [-0.39, 0.29) is 10.7 Å². The fourth-order valence-corrected chi connectivity index (χ4v) is 2.12. The number of nitriles is 1. The van der Waals surface area contributed by atoms with Crippen LogP contribution in [0.5, 0.6) is 0 Å². The monoisotopic (exact) mass is 324 g/mol. The number of rotatable bonds is 2. The Kier molecular flexibility index (Phi) is 3.85. The molecule has 2 nitrogen and oxygen atoms in total. The molecule has 2 rings (SSSR count). The number of halogens is 3. The molecule has 0 aromatic heterocycles. The molecule has 0 aliphatic heterocycles. The van der Waals surface area contributed by atoms with Gasteiger partial charge in [0.1, 0.15) is 6.07 Å². The molecule has 2 aromatic carbocycles. The van der Waals surface area contributed by atoms with Gasteiger partial charge in [0.15, 0.2) is 5.82 Å². The van der Waals surface area contributed by atoms with Crippen LogP contribution in [0, 0.1) is 17.1 Å². The normalized spacial score (nSPS) is 9.89. The van der Waals surface area contributed by atoms with Gasteiger partial charge in [-0.3, -0.25) is 0 Å². The van der Waals surface area contributed by atoms with Crippen LogP contribution in [0.1, 0.15) is 5.56 Å². The second kappa shape index (κ2) is 5.38. The predicted molar refractivity (Wildman–Crippen MR) is 73.5 cm³/mol. The van der Waals surface area contributed by atoms with Crippen LogP contribution < -0.4 is 5.32 Å². The summed E-state index contributed by atoms with van der Waals surface area (Å²) in [6.07, 6.45) is 0. The molecule has 0 aliphatic rings. The van der Waals surface area contributed by atoms with Gasteiger partial charge in [0.05, 0.1) is 22.0 Å². The summed E-state index contributed by atoms with van der Waals surface area (Å²) in [4.78, 5) is 0. The Balaban J connectivity index is 2.44. The molecule has 0 unspecified atom stereocenters. The number of benzene rings is 2. The summed E-state index contributed by atoms with van der Waals surface area (Å²) in [5.41, 5.74) is 1.17. The Hall–Kier alpha value is -1.57. The van der Waals surface area contributed by atoms with Gasteiger partial charge in [0.2, 0.25) is 0 Å². The van der Waals surface area contributed by atoms with Crippen molar-refractivity contribution in [3.63, 3.8) is 0 Å². The van der Waals surface area contributed by atoms with E-state index in [1.807, 2.05) is 0 Å². The summed E-state index contributed by atoms with van der Waals surface area (Å²) in [6, 6.07) is 11.9. The maximum absolute atomic E-state index is 13.7. The van der Waals surface area contributed by atoms with E-state index in [9.17, 15) is 4.39 Å². The molecule has 0 bridgehead atoms. The van der Waals surface area contributed by atoms with Crippen molar-refractivity contribution in [3.8, 4) is 6.07 Å². The van der Waals surface area contributed by atoms with Gasteiger partial charge in [-0.25, -0.2) is 4.39 Å². The number of nitrogens with zero attached hydrogens (tertiary/aromatic N) is 1. The zero-order valence-electron chi connectivity index (χ0n) is 9.05. The van der Waals surface area contributed by atoms with Gasteiger partial charge in [0, 0.05) is 4.47 Å². The second-order valence-corrected chi connectivity index (χ2v) is 4.76. The third kappa shape index (κ3) is 2.47. The predicted octanol–water partition coefficient (Wildman–Crippen LogP) is 4.86. The Morgan fingerprint density at radius 3 is 2.56 bits per heavy atom. The fourth-order valence-electron chi connectivity index (χ4n) is 1.49. The minimum atomic E-state index is -0.539. The van der Waals surface area contributed by atoms with E-state index in [4.69, 9.17) is 16.9 Å². The first-order valence-corrected chi connectivity index (χ1v) is 6.20. The van der Waals surface area contributed by atoms with Crippen molar-refractivity contribution in [2.45, 2.75) is 0 Å². The number of hydrogen-bond donors (Lipinski definition) is 1. The highest BCUT2D eigenvalue weighted by atomic mass is 79.9. The first kappa shape index (κ1) is 12.9. The first-order valence-electron chi connectivity index (χ1n) is 5.03.